The molecule has 0 aliphatic carbocycles. The van der Waals surface area contributed by atoms with Gasteiger partial charge in [-0.3, -0.25) is 9.69 Å². The van der Waals surface area contributed by atoms with Gasteiger partial charge in [0.15, 0.2) is 0 Å². The standard InChI is InChI=1S/C19H22N2O3/c1-13(2)24-12-11-21-17(22)19(3,20-18(21)23)16-10-6-8-14-7-4-5-9-15(14)16/h4-10,13H,11-12H2,1-3H3,(H,20,23). The maximum Gasteiger partial charge on any atom is 0.325 e. The number of urea groups is 1. The molecule has 1 N–H and O–H groups in total. The maximum absolute atomic E-state index is 12.9. The first-order valence-electron chi connectivity index (χ1n) is 8.17. The molecule has 0 spiro atoms. The molecule has 1 fully saturated rings. The van der Waals surface area contributed by atoms with E-state index in [1.807, 2.05) is 56.3 Å². The third-order valence-corrected chi connectivity index (χ3v) is 4.37. The second kappa shape index (κ2) is 6.24. The molecule has 3 amide bonds. The van der Waals surface area contributed by atoms with E-state index in [1.54, 1.807) is 6.92 Å². The zero-order chi connectivity index (χ0) is 17.3. The van der Waals surface area contributed by atoms with Gasteiger partial charge in [-0.2, -0.15) is 0 Å². The summed E-state index contributed by atoms with van der Waals surface area (Å²) in [5.74, 6) is -0.240. The lowest BCUT2D eigenvalue weighted by Gasteiger charge is -2.24. The number of carbonyl (C=O) groups excluding carboxylic acids is 2. The van der Waals surface area contributed by atoms with E-state index in [9.17, 15) is 9.59 Å². The summed E-state index contributed by atoms with van der Waals surface area (Å²) >= 11 is 0. The van der Waals surface area contributed by atoms with Gasteiger partial charge in [-0.15, -0.1) is 0 Å². The van der Waals surface area contributed by atoms with Gasteiger partial charge in [0.25, 0.3) is 5.91 Å². The van der Waals surface area contributed by atoms with Gasteiger partial charge in [-0.05, 0) is 37.1 Å². The third kappa shape index (κ3) is 2.76. The van der Waals surface area contributed by atoms with E-state index in [-0.39, 0.29) is 24.6 Å². The van der Waals surface area contributed by atoms with Crippen LogP contribution < -0.4 is 5.32 Å². The molecular formula is C19H22N2O3. The van der Waals surface area contributed by atoms with Crippen LogP contribution >= 0.6 is 0 Å². The van der Waals surface area contributed by atoms with E-state index in [2.05, 4.69) is 5.32 Å². The zero-order valence-corrected chi connectivity index (χ0v) is 14.2. The van der Waals surface area contributed by atoms with Gasteiger partial charge in [-0.1, -0.05) is 42.5 Å². The highest BCUT2D eigenvalue weighted by molar-refractivity contribution is 6.09. The smallest absolute Gasteiger partial charge is 0.325 e. The average molecular weight is 326 g/mol. The molecule has 0 saturated carbocycles. The summed E-state index contributed by atoms with van der Waals surface area (Å²) in [7, 11) is 0. The van der Waals surface area contributed by atoms with E-state index in [1.165, 1.54) is 4.90 Å². The minimum atomic E-state index is -1.06. The molecule has 24 heavy (non-hydrogen) atoms. The Kier molecular flexibility index (Phi) is 4.28. The Hall–Kier alpha value is -2.40. The predicted octanol–water partition coefficient (Wildman–Crippen LogP) is 3.03. The molecule has 126 valence electrons. The number of ether oxygens (including phenoxy) is 1. The van der Waals surface area contributed by atoms with Crippen molar-refractivity contribution in [1.82, 2.24) is 10.2 Å². The lowest BCUT2D eigenvalue weighted by Crippen LogP contribution is -2.41. The number of hydrogen-bond donors (Lipinski definition) is 1. The van der Waals surface area contributed by atoms with E-state index >= 15 is 0 Å². The van der Waals surface area contributed by atoms with Crippen molar-refractivity contribution in [2.75, 3.05) is 13.2 Å². The summed E-state index contributed by atoms with van der Waals surface area (Å²) in [5.41, 5.74) is -0.248. The van der Waals surface area contributed by atoms with Crippen LogP contribution in [0.5, 0.6) is 0 Å². The maximum atomic E-state index is 12.9. The van der Waals surface area contributed by atoms with Gasteiger partial charge >= 0.3 is 6.03 Å². The minimum Gasteiger partial charge on any atom is -0.377 e. The van der Waals surface area contributed by atoms with Crippen molar-refractivity contribution in [3.63, 3.8) is 0 Å². The predicted molar refractivity (Wildman–Crippen MR) is 92.6 cm³/mol. The minimum absolute atomic E-state index is 0.0650. The molecule has 0 radical (unpaired) electrons. The SMILES string of the molecule is CC(C)OCCN1C(=O)NC(C)(c2cccc3ccccc23)C1=O. The topological polar surface area (TPSA) is 58.6 Å². The van der Waals surface area contributed by atoms with E-state index in [4.69, 9.17) is 4.74 Å². The van der Waals surface area contributed by atoms with Crippen molar-refractivity contribution < 1.29 is 14.3 Å². The van der Waals surface area contributed by atoms with Gasteiger partial charge in [0.1, 0.15) is 5.54 Å². The van der Waals surface area contributed by atoms with Gasteiger partial charge in [-0.25, -0.2) is 4.79 Å². The van der Waals surface area contributed by atoms with Crippen LogP contribution in [0.4, 0.5) is 4.79 Å². The van der Waals surface area contributed by atoms with Crippen LogP contribution in [0.15, 0.2) is 42.5 Å². The highest BCUT2D eigenvalue weighted by Gasteiger charge is 2.49. The number of rotatable bonds is 5. The van der Waals surface area contributed by atoms with Crippen molar-refractivity contribution in [3.8, 4) is 0 Å². The molecule has 0 bridgehead atoms. The highest BCUT2D eigenvalue weighted by atomic mass is 16.5. The van der Waals surface area contributed by atoms with Crippen LogP contribution in [-0.2, 0) is 15.1 Å². The monoisotopic (exact) mass is 326 g/mol. The van der Waals surface area contributed by atoms with Crippen molar-refractivity contribution in [2.24, 2.45) is 0 Å². The molecule has 0 aromatic heterocycles. The number of carbonyl (C=O) groups is 2. The lowest BCUT2D eigenvalue weighted by atomic mass is 9.88. The Balaban J connectivity index is 1.92. The number of imide groups is 1. The number of amides is 3. The number of nitrogens with one attached hydrogen (secondary N) is 1. The molecule has 2 aromatic carbocycles. The number of benzene rings is 2. The highest BCUT2D eigenvalue weighted by Crippen LogP contribution is 2.33. The van der Waals surface area contributed by atoms with E-state index in [0.29, 0.717) is 6.61 Å². The molecule has 1 aliphatic rings. The molecule has 1 unspecified atom stereocenters. The van der Waals surface area contributed by atoms with Gasteiger partial charge in [0.2, 0.25) is 0 Å². The van der Waals surface area contributed by atoms with Crippen LogP contribution in [0.3, 0.4) is 0 Å². The summed E-state index contributed by atoms with van der Waals surface area (Å²) in [4.78, 5) is 26.5. The number of hydrogen-bond acceptors (Lipinski definition) is 3. The second-order valence-electron chi connectivity index (χ2n) is 6.46. The average Bonchev–Trinajstić information content (AvgIpc) is 2.78. The van der Waals surface area contributed by atoms with Crippen molar-refractivity contribution in [1.29, 1.82) is 0 Å². The fourth-order valence-corrected chi connectivity index (χ4v) is 3.12. The molecule has 1 aliphatic heterocycles. The van der Waals surface area contributed by atoms with Crippen molar-refractivity contribution >= 4 is 22.7 Å². The largest absolute Gasteiger partial charge is 0.377 e. The number of nitrogens with zero attached hydrogens (tertiary/aromatic N) is 1. The summed E-state index contributed by atoms with van der Waals surface area (Å²) in [6.07, 6.45) is 0.0650. The van der Waals surface area contributed by atoms with Crippen LogP contribution in [0.25, 0.3) is 10.8 Å². The van der Waals surface area contributed by atoms with Gasteiger partial charge < -0.3 is 10.1 Å². The molecule has 2 aromatic rings. The molecule has 1 saturated heterocycles. The summed E-state index contributed by atoms with van der Waals surface area (Å²) < 4.78 is 5.47. The molecule has 5 nitrogen and oxygen atoms in total. The number of fused-ring (bicyclic) bond motifs is 1. The van der Waals surface area contributed by atoms with Gasteiger partial charge in [0, 0.05) is 0 Å². The first kappa shape index (κ1) is 16.5. The molecule has 1 heterocycles. The summed E-state index contributed by atoms with van der Waals surface area (Å²) in [6, 6.07) is 13.3. The van der Waals surface area contributed by atoms with Crippen molar-refractivity contribution in [2.45, 2.75) is 32.4 Å². The van der Waals surface area contributed by atoms with E-state index < -0.39 is 5.54 Å². The second-order valence-corrected chi connectivity index (χ2v) is 6.46. The first-order valence-corrected chi connectivity index (χ1v) is 8.17. The van der Waals surface area contributed by atoms with Crippen LogP contribution in [0, 0.1) is 0 Å². The Morgan fingerprint density at radius 3 is 2.58 bits per heavy atom. The quantitative estimate of drug-likeness (QED) is 0.859. The molecule has 3 rings (SSSR count). The zero-order valence-electron chi connectivity index (χ0n) is 14.2. The van der Waals surface area contributed by atoms with Crippen LogP contribution in [-0.4, -0.2) is 36.1 Å². The molecular weight excluding hydrogens is 304 g/mol. The van der Waals surface area contributed by atoms with E-state index in [0.717, 1.165) is 16.3 Å². The third-order valence-electron chi connectivity index (χ3n) is 4.37. The lowest BCUT2D eigenvalue weighted by molar-refractivity contribution is -0.131. The fourth-order valence-electron chi connectivity index (χ4n) is 3.12. The molecule has 5 heteroatoms. The van der Waals surface area contributed by atoms with Crippen LogP contribution in [0.1, 0.15) is 26.3 Å². The Labute approximate surface area is 141 Å². The Morgan fingerprint density at radius 2 is 1.83 bits per heavy atom. The Bertz CT molecular complexity index is 782. The molecule has 1 atom stereocenters. The van der Waals surface area contributed by atoms with Crippen LogP contribution in [0.2, 0.25) is 0 Å². The normalized spacial score (nSPS) is 20.9. The van der Waals surface area contributed by atoms with Crippen molar-refractivity contribution in [3.05, 3.63) is 48.0 Å². The summed E-state index contributed by atoms with van der Waals surface area (Å²) in [5, 5.41) is 4.87. The van der Waals surface area contributed by atoms with Gasteiger partial charge in [0.05, 0.1) is 19.3 Å². The first-order chi connectivity index (χ1) is 11.4. The Morgan fingerprint density at radius 1 is 1.12 bits per heavy atom. The fraction of sp³-hybridized carbons (Fsp3) is 0.368. The summed E-state index contributed by atoms with van der Waals surface area (Å²) in [6.45, 7) is 6.20.